The molecule has 1 aliphatic heterocycles. The van der Waals surface area contributed by atoms with E-state index >= 15 is 0 Å². The topological polar surface area (TPSA) is 42.1 Å². The molecule has 2 heterocycles. The van der Waals surface area contributed by atoms with Crippen molar-refractivity contribution >= 4 is 21.6 Å². The first kappa shape index (κ1) is 14.0. The minimum absolute atomic E-state index is 0.497. The Morgan fingerprint density at radius 1 is 1.45 bits per heavy atom. The highest BCUT2D eigenvalue weighted by Gasteiger charge is 2.29. The number of fused-ring (bicyclic) bond motifs is 1. The maximum Gasteiger partial charge on any atom is 0.0963 e. The molecule has 2 atom stereocenters. The minimum atomic E-state index is 0.497. The van der Waals surface area contributed by atoms with E-state index in [-0.39, 0.29) is 0 Å². The quantitative estimate of drug-likeness (QED) is 0.942. The molecular weight excluding hydrogens is 266 g/mol. The van der Waals surface area contributed by atoms with Gasteiger partial charge in [0.1, 0.15) is 0 Å². The molecule has 1 aromatic heterocycles. The average Bonchev–Trinajstić information content (AvgIpc) is 3.00. The summed E-state index contributed by atoms with van der Waals surface area (Å²) in [5.74, 6) is 1.13. The Morgan fingerprint density at radius 2 is 2.25 bits per heavy atom. The van der Waals surface area contributed by atoms with E-state index < -0.39 is 0 Å². The first-order valence-corrected chi connectivity index (χ1v) is 8.20. The van der Waals surface area contributed by atoms with Crippen molar-refractivity contribution in [2.45, 2.75) is 32.2 Å². The fraction of sp³-hybridized carbons (Fsp3) is 0.562. The summed E-state index contributed by atoms with van der Waals surface area (Å²) in [7, 11) is 2.20. The maximum absolute atomic E-state index is 5.83. The molecule has 0 aliphatic carbocycles. The van der Waals surface area contributed by atoms with E-state index in [9.17, 15) is 0 Å². The van der Waals surface area contributed by atoms with Gasteiger partial charge in [0, 0.05) is 18.5 Å². The Hall–Kier alpha value is -0.970. The molecule has 0 radical (unpaired) electrons. The molecule has 1 aliphatic rings. The molecule has 0 saturated carbocycles. The van der Waals surface area contributed by atoms with Crippen molar-refractivity contribution in [2.24, 2.45) is 11.7 Å². The number of rotatable bonds is 3. The van der Waals surface area contributed by atoms with Gasteiger partial charge in [-0.05, 0) is 43.6 Å². The molecule has 3 nitrogen and oxygen atoms in total. The van der Waals surface area contributed by atoms with Crippen LogP contribution < -0.4 is 5.73 Å². The Morgan fingerprint density at radius 3 is 2.90 bits per heavy atom. The molecule has 1 aromatic carbocycles. The van der Waals surface area contributed by atoms with Crippen LogP contribution >= 0.6 is 11.3 Å². The van der Waals surface area contributed by atoms with Gasteiger partial charge in [-0.1, -0.05) is 19.9 Å². The van der Waals surface area contributed by atoms with Crippen LogP contribution in [0.3, 0.4) is 0 Å². The third kappa shape index (κ3) is 2.48. The van der Waals surface area contributed by atoms with Gasteiger partial charge in [-0.2, -0.15) is 0 Å². The van der Waals surface area contributed by atoms with Crippen LogP contribution in [0.4, 0.5) is 0 Å². The smallest absolute Gasteiger partial charge is 0.0963 e. The molecule has 0 amide bonds. The third-order valence-electron chi connectivity index (χ3n) is 4.28. The van der Waals surface area contributed by atoms with Crippen LogP contribution in [0.1, 0.15) is 42.8 Å². The molecule has 108 valence electrons. The van der Waals surface area contributed by atoms with Crippen molar-refractivity contribution in [1.82, 2.24) is 9.88 Å². The van der Waals surface area contributed by atoms with E-state index in [1.807, 2.05) is 11.3 Å². The van der Waals surface area contributed by atoms with E-state index in [0.717, 1.165) is 18.6 Å². The van der Waals surface area contributed by atoms with Crippen molar-refractivity contribution in [3.63, 3.8) is 0 Å². The summed E-state index contributed by atoms with van der Waals surface area (Å²) in [4.78, 5) is 7.21. The molecule has 4 heteroatoms. The van der Waals surface area contributed by atoms with Crippen LogP contribution in [0.15, 0.2) is 18.2 Å². The SMILES string of the molecule is CC(C)c1nc2cc(C3CC(CN)CN3C)ccc2s1. The summed E-state index contributed by atoms with van der Waals surface area (Å²) in [6.07, 6.45) is 1.17. The second-order valence-electron chi connectivity index (χ2n) is 6.23. The number of thiazole rings is 1. The lowest BCUT2D eigenvalue weighted by atomic mass is 10.00. The Bertz CT molecular complexity index is 605. The molecule has 0 bridgehead atoms. The number of nitrogens with two attached hydrogens (primary N) is 1. The normalized spacial score (nSPS) is 24.1. The molecule has 2 unspecified atom stereocenters. The van der Waals surface area contributed by atoms with E-state index in [0.29, 0.717) is 17.9 Å². The second kappa shape index (κ2) is 5.43. The minimum Gasteiger partial charge on any atom is -0.330 e. The van der Waals surface area contributed by atoms with Gasteiger partial charge in [0.2, 0.25) is 0 Å². The highest BCUT2D eigenvalue weighted by atomic mass is 32.1. The maximum atomic E-state index is 5.83. The lowest BCUT2D eigenvalue weighted by molar-refractivity contribution is 0.314. The molecular formula is C16H23N3S. The molecule has 1 fully saturated rings. The summed E-state index contributed by atoms with van der Waals surface area (Å²) in [6, 6.07) is 7.28. The van der Waals surface area contributed by atoms with Crippen molar-refractivity contribution in [3.8, 4) is 0 Å². The predicted molar refractivity (Wildman–Crippen MR) is 86.2 cm³/mol. The Kier molecular flexibility index (Phi) is 3.80. The van der Waals surface area contributed by atoms with Gasteiger partial charge in [0.25, 0.3) is 0 Å². The average molecular weight is 289 g/mol. The summed E-state index contributed by atoms with van der Waals surface area (Å²) < 4.78 is 1.30. The molecule has 3 rings (SSSR count). The Labute approximate surface area is 124 Å². The monoisotopic (exact) mass is 289 g/mol. The van der Waals surface area contributed by atoms with Crippen LogP contribution in [0.25, 0.3) is 10.2 Å². The number of likely N-dealkylation sites (tertiary alicyclic amines) is 1. The number of nitrogens with zero attached hydrogens (tertiary/aromatic N) is 2. The van der Waals surface area contributed by atoms with Gasteiger partial charge >= 0.3 is 0 Å². The van der Waals surface area contributed by atoms with Gasteiger partial charge in [-0.3, -0.25) is 4.90 Å². The predicted octanol–water partition coefficient (Wildman–Crippen LogP) is 3.37. The standard InChI is InChI=1S/C16H23N3S/c1-10(2)16-18-13-7-12(4-5-15(13)20-16)14-6-11(8-17)9-19(14)3/h4-5,7,10-11,14H,6,8-9,17H2,1-3H3. The first-order valence-electron chi connectivity index (χ1n) is 7.39. The van der Waals surface area contributed by atoms with Crippen LogP contribution in [0.5, 0.6) is 0 Å². The summed E-state index contributed by atoms with van der Waals surface area (Å²) >= 11 is 1.82. The molecule has 20 heavy (non-hydrogen) atoms. The van der Waals surface area contributed by atoms with Crippen molar-refractivity contribution in [1.29, 1.82) is 0 Å². The van der Waals surface area contributed by atoms with Gasteiger partial charge in [0.05, 0.1) is 15.2 Å². The van der Waals surface area contributed by atoms with Crippen molar-refractivity contribution in [2.75, 3.05) is 20.1 Å². The van der Waals surface area contributed by atoms with Crippen molar-refractivity contribution in [3.05, 3.63) is 28.8 Å². The largest absolute Gasteiger partial charge is 0.330 e. The fourth-order valence-electron chi connectivity index (χ4n) is 3.08. The summed E-state index contributed by atoms with van der Waals surface area (Å²) in [5, 5.41) is 1.23. The van der Waals surface area contributed by atoms with Gasteiger partial charge in [-0.25, -0.2) is 4.98 Å². The Balaban J connectivity index is 1.92. The first-order chi connectivity index (χ1) is 9.58. The summed E-state index contributed by atoms with van der Waals surface area (Å²) in [6.45, 7) is 6.30. The van der Waals surface area contributed by atoms with Crippen LogP contribution in [-0.2, 0) is 0 Å². The molecule has 1 saturated heterocycles. The van der Waals surface area contributed by atoms with Crippen LogP contribution in [0.2, 0.25) is 0 Å². The van der Waals surface area contributed by atoms with E-state index in [4.69, 9.17) is 10.7 Å². The molecule has 2 N–H and O–H groups in total. The zero-order valence-corrected chi connectivity index (χ0v) is 13.3. The van der Waals surface area contributed by atoms with Gasteiger partial charge < -0.3 is 5.73 Å². The zero-order valence-electron chi connectivity index (χ0n) is 12.5. The summed E-state index contributed by atoms with van der Waals surface area (Å²) in [5.41, 5.74) is 8.37. The highest BCUT2D eigenvalue weighted by Crippen LogP contribution is 2.36. The number of hydrogen-bond donors (Lipinski definition) is 1. The van der Waals surface area contributed by atoms with E-state index in [1.165, 1.54) is 21.7 Å². The zero-order chi connectivity index (χ0) is 14.3. The van der Waals surface area contributed by atoms with Crippen LogP contribution in [0, 0.1) is 5.92 Å². The van der Waals surface area contributed by atoms with E-state index in [2.05, 4.69) is 44.0 Å². The third-order valence-corrected chi connectivity index (χ3v) is 5.61. The number of hydrogen-bond acceptors (Lipinski definition) is 4. The lowest BCUT2D eigenvalue weighted by Gasteiger charge is -2.19. The number of benzene rings is 1. The van der Waals surface area contributed by atoms with Crippen molar-refractivity contribution < 1.29 is 0 Å². The van der Waals surface area contributed by atoms with Crippen LogP contribution in [-0.4, -0.2) is 30.0 Å². The van der Waals surface area contributed by atoms with Gasteiger partial charge in [0.15, 0.2) is 0 Å². The molecule has 2 aromatic rings. The number of aromatic nitrogens is 1. The van der Waals surface area contributed by atoms with E-state index in [1.54, 1.807) is 0 Å². The highest BCUT2D eigenvalue weighted by molar-refractivity contribution is 7.18. The molecule has 0 spiro atoms. The van der Waals surface area contributed by atoms with Gasteiger partial charge in [-0.15, -0.1) is 11.3 Å². The fourth-order valence-corrected chi connectivity index (χ4v) is 4.03. The lowest BCUT2D eigenvalue weighted by Crippen LogP contribution is -2.20. The second-order valence-corrected chi connectivity index (χ2v) is 7.29.